The molecule has 0 saturated carbocycles. The van der Waals surface area contributed by atoms with Crippen LogP contribution in [0, 0.1) is 5.82 Å². The number of aromatic nitrogens is 1. The van der Waals surface area contributed by atoms with Gasteiger partial charge in [0.2, 0.25) is 5.91 Å². The van der Waals surface area contributed by atoms with Crippen molar-refractivity contribution in [3.63, 3.8) is 0 Å². The van der Waals surface area contributed by atoms with E-state index in [1.165, 1.54) is 18.2 Å². The van der Waals surface area contributed by atoms with Gasteiger partial charge in [0, 0.05) is 19.3 Å². The van der Waals surface area contributed by atoms with Gasteiger partial charge < -0.3 is 10.6 Å². The van der Waals surface area contributed by atoms with Crippen LogP contribution in [-0.4, -0.2) is 24.0 Å². The topological polar surface area (TPSA) is 54.0 Å². The van der Waals surface area contributed by atoms with Gasteiger partial charge in [-0.25, -0.2) is 9.37 Å². The van der Waals surface area contributed by atoms with E-state index in [0.717, 1.165) is 6.07 Å². The number of halogens is 5. The molecule has 1 heterocycles. The molecule has 1 amide bonds. The smallest absolute Gasteiger partial charge is 0.367 e. The normalized spacial score (nSPS) is 11.2. The Morgan fingerprint density at radius 2 is 1.96 bits per heavy atom. The number of anilines is 1. The molecule has 2 aromatic rings. The maximum Gasteiger partial charge on any atom is 0.417 e. The van der Waals surface area contributed by atoms with Crippen molar-refractivity contribution >= 4 is 23.3 Å². The zero-order valence-corrected chi connectivity index (χ0v) is 13.6. The number of alkyl halides is 3. The lowest BCUT2D eigenvalue weighted by Gasteiger charge is -2.11. The molecule has 1 aromatic heterocycles. The van der Waals surface area contributed by atoms with Crippen LogP contribution >= 0.6 is 11.6 Å². The molecule has 2 N–H and O–H groups in total. The summed E-state index contributed by atoms with van der Waals surface area (Å²) in [5.41, 5.74) is -0.399. The Balaban J connectivity index is 1.78. The van der Waals surface area contributed by atoms with Gasteiger partial charge in [0.15, 0.2) is 0 Å². The Hall–Kier alpha value is -2.35. The van der Waals surface area contributed by atoms with E-state index in [4.69, 9.17) is 11.6 Å². The van der Waals surface area contributed by atoms with Crippen LogP contribution in [0.25, 0.3) is 0 Å². The Morgan fingerprint density at radius 1 is 1.20 bits per heavy atom. The fourth-order valence-corrected chi connectivity index (χ4v) is 2.23. The van der Waals surface area contributed by atoms with Crippen molar-refractivity contribution in [3.8, 4) is 0 Å². The third kappa shape index (κ3) is 5.90. The fraction of sp³-hybridized carbons (Fsp3) is 0.250. The van der Waals surface area contributed by atoms with Crippen molar-refractivity contribution in [1.82, 2.24) is 10.3 Å². The molecular weight excluding hydrogens is 362 g/mol. The quantitative estimate of drug-likeness (QED) is 0.598. The van der Waals surface area contributed by atoms with Gasteiger partial charge in [0.1, 0.15) is 11.6 Å². The van der Waals surface area contributed by atoms with Crippen LogP contribution in [0.3, 0.4) is 0 Å². The highest BCUT2D eigenvalue weighted by Gasteiger charge is 2.31. The number of hydrogen-bond donors (Lipinski definition) is 2. The predicted octanol–water partition coefficient (Wildman–Crippen LogP) is 3.66. The molecule has 9 heteroatoms. The van der Waals surface area contributed by atoms with Gasteiger partial charge in [-0.1, -0.05) is 23.7 Å². The number of benzene rings is 1. The Labute approximate surface area is 146 Å². The summed E-state index contributed by atoms with van der Waals surface area (Å²) in [6, 6.07) is 6.47. The Morgan fingerprint density at radius 3 is 2.60 bits per heavy atom. The molecule has 0 aliphatic carbocycles. The second-order valence-corrected chi connectivity index (χ2v) is 5.54. The number of nitrogens with one attached hydrogen (secondary N) is 2. The minimum absolute atomic E-state index is 0.0248. The highest BCUT2D eigenvalue weighted by molar-refractivity contribution is 6.32. The van der Waals surface area contributed by atoms with E-state index in [0.29, 0.717) is 11.8 Å². The summed E-state index contributed by atoms with van der Waals surface area (Å²) in [7, 11) is 0. The van der Waals surface area contributed by atoms with Gasteiger partial charge in [-0.15, -0.1) is 0 Å². The largest absolute Gasteiger partial charge is 0.417 e. The maximum absolute atomic E-state index is 13.0. The molecule has 0 atom stereocenters. The minimum atomic E-state index is -4.51. The zero-order valence-electron chi connectivity index (χ0n) is 12.8. The summed E-state index contributed by atoms with van der Waals surface area (Å²) in [6.07, 6.45) is -3.81. The summed E-state index contributed by atoms with van der Waals surface area (Å²) in [5, 5.41) is 5.17. The number of hydrogen-bond acceptors (Lipinski definition) is 3. The van der Waals surface area contributed by atoms with Crippen molar-refractivity contribution < 1.29 is 22.4 Å². The van der Waals surface area contributed by atoms with Crippen LogP contribution < -0.4 is 10.6 Å². The first kappa shape index (κ1) is 19.0. The first-order chi connectivity index (χ1) is 11.8. The molecule has 0 radical (unpaired) electrons. The lowest BCUT2D eigenvalue weighted by atomic mass is 10.1. The van der Waals surface area contributed by atoms with Gasteiger partial charge in [-0.05, 0) is 23.8 Å². The second kappa shape index (κ2) is 8.15. The summed E-state index contributed by atoms with van der Waals surface area (Å²) < 4.78 is 50.5. The van der Waals surface area contributed by atoms with Crippen molar-refractivity contribution in [3.05, 3.63) is 58.5 Å². The Kier molecular flexibility index (Phi) is 6.19. The lowest BCUT2D eigenvalue weighted by molar-refractivity contribution is -0.137. The summed E-state index contributed by atoms with van der Waals surface area (Å²) in [6.45, 7) is 0.417. The van der Waals surface area contributed by atoms with E-state index >= 15 is 0 Å². The molecule has 0 fully saturated rings. The van der Waals surface area contributed by atoms with Crippen molar-refractivity contribution in [2.24, 2.45) is 0 Å². The standard InChI is InChI=1S/C16H14ClF4N3O/c17-13-8-11(16(19,20)21)9-24-15(13)23-5-4-22-14(25)7-10-2-1-3-12(18)6-10/h1-3,6,8-9H,4-5,7H2,(H,22,25)(H,23,24). The highest BCUT2D eigenvalue weighted by Crippen LogP contribution is 2.32. The van der Waals surface area contributed by atoms with Crippen LogP contribution in [0.2, 0.25) is 5.02 Å². The number of amides is 1. The number of pyridine rings is 1. The number of carbonyl (C=O) groups excluding carboxylic acids is 1. The molecule has 2 rings (SSSR count). The molecular formula is C16H14ClF4N3O. The Bertz CT molecular complexity index is 752. The van der Waals surface area contributed by atoms with Crippen LogP contribution in [0.5, 0.6) is 0 Å². The van der Waals surface area contributed by atoms with E-state index in [1.54, 1.807) is 6.07 Å². The van der Waals surface area contributed by atoms with E-state index in [-0.39, 0.29) is 36.3 Å². The van der Waals surface area contributed by atoms with Crippen LogP contribution in [-0.2, 0) is 17.4 Å². The van der Waals surface area contributed by atoms with Gasteiger partial charge in [-0.2, -0.15) is 13.2 Å². The third-order valence-electron chi connectivity index (χ3n) is 3.16. The van der Waals surface area contributed by atoms with E-state index < -0.39 is 17.6 Å². The molecule has 25 heavy (non-hydrogen) atoms. The maximum atomic E-state index is 13.0. The molecule has 0 saturated heterocycles. The highest BCUT2D eigenvalue weighted by atomic mass is 35.5. The molecule has 1 aromatic carbocycles. The van der Waals surface area contributed by atoms with Gasteiger partial charge >= 0.3 is 6.18 Å². The lowest BCUT2D eigenvalue weighted by Crippen LogP contribution is -2.30. The van der Waals surface area contributed by atoms with E-state index in [9.17, 15) is 22.4 Å². The monoisotopic (exact) mass is 375 g/mol. The van der Waals surface area contributed by atoms with Gasteiger partial charge in [0.05, 0.1) is 17.0 Å². The minimum Gasteiger partial charge on any atom is -0.367 e. The van der Waals surface area contributed by atoms with Crippen LogP contribution in [0.15, 0.2) is 36.5 Å². The second-order valence-electron chi connectivity index (χ2n) is 5.14. The van der Waals surface area contributed by atoms with Gasteiger partial charge in [0.25, 0.3) is 0 Å². The number of nitrogens with zero attached hydrogens (tertiary/aromatic N) is 1. The summed E-state index contributed by atoms with van der Waals surface area (Å²) in [4.78, 5) is 15.4. The SMILES string of the molecule is O=C(Cc1cccc(F)c1)NCCNc1ncc(C(F)(F)F)cc1Cl. The average Bonchev–Trinajstić information content (AvgIpc) is 2.51. The average molecular weight is 376 g/mol. The van der Waals surface area contributed by atoms with Crippen molar-refractivity contribution in [2.75, 3.05) is 18.4 Å². The summed E-state index contributed by atoms with van der Waals surface area (Å²) >= 11 is 5.75. The fourth-order valence-electron chi connectivity index (χ4n) is 2.00. The molecule has 0 aliphatic rings. The molecule has 0 aliphatic heterocycles. The van der Waals surface area contributed by atoms with Crippen LogP contribution in [0.4, 0.5) is 23.4 Å². The van der Waals surface area contributed by atoms with Crippen molar-refractivity contribution in [2.45, 2.75) is 12.6 Å². The first-order valence-corrected chi connectivity index (χ1v) is 7.61. The van der Waals surface area contributed by atoms with Crippen LogP contribution in [0.1, 0.15) is 11.1 Å². The molecule has 134 valence electrons. The molecule has 0 unspecified atom stereocenters. The van der Waals surface area contributed by atoms with Crippen molar-refractivity contribution in [1.29, 1.82) is 0 Å². The summed E-state index contributed by atoms with van der Waals surface area (Å²) in [5.74, 6) is -0.636. The first-order valence-electron chi connectivity index (χ1n) is 7.23. The molecule has 4 nitrogen and oxygen atoms in total. The van der Waals surface area contributed by atoms with Gasteiger partial charge in [-0.3, -0.25) is 4.79 Å². The third-order valence-corrected chi connectivity index (χ3v) is 3.45. The molecule has 0 bridgehead atoms. The van der Waals surface area contributed by atoms with E-state index in [1.807, 2.05) is 0 Å². The number of carbonyl (C=O) groups is 1. The number of rotatable bonds is 6. The zero-order chi connectivity index (χ0) is 18.4. The predicted molar refractivity (Wildman–Crippen MR) is 85.9 cm³/mol. The van der Waals surface area contributed by atoms with E-state index in [2.05, 4.69) is 15.6 Å². The molecule has 0 spiro atoms.